The standard InChI is InChI=1S/C12H4Cl6O/c13-5-3-1-2-4-6(5)19-12-10(17)8(15)7(14)9(16)11(12)18/h1-4H. The molecule has 2 aromatic carbocycles. The molecule has 100 valence electrons. The van der Waals surface area contributed by atoms with Gasteiger partial charge >= 0.3 is 0 Å². The van der Waals surface area contributed by atoms with Gasteiger partial charge in [-0.1, -0.05) is 81.7 Å². The van der Waals surface area contributed by atoms with Crippen molar-refractivity contribution in [3.05, 3.63) is 54.4 Å². The van der Waals surface area contributed by atoms with Crippen LogP contribution in [0.15, 0.2) is 24.3 Å². The lowest BCUT2D eigenvalue weighted by atomic mass is 10.3. The molecule has 0 atom stereocenters. The number of rotatable bonds is 2. The van der Waals surface area contributed by atoms with Crippen LogP contribution in [0.3, 0.4) is 0 Å². The summed E-state index contributed by atoms with van der Waals surface area (Å²) >= 11 is 35.9. The summed E-state index contributed by atoms with van der Waals surface area (Å²) in [6, 6.07) is 6.84. The highest BCUT2D eigenvalue weighted by molar-refractivity contribution is 6.55. The summed E-state index contributed by atoms with van der Waals surface area (Å²) < 4.78 is 5.56. The van der Waals surface area contributed by atoms with Crippen LogP contribution in [0.25, 0.3) is 0 Å². The van der Waals surface area contributed by atoms with Crippen LogP contribution in [0.4, 0.5) is 0 Å². The fourth-order valence-corrected chi connectivity index (χ4v) is 2.68. The summed E-state index contributed by atoms with van der Waals surface area (Å²) in [5, 5.41) is 0.753. The molecule has 0 radical (unpaired) electrons. The van der Waals surface area contributed by atoms with Crippen molar-refractivity contribution < 1.29 is 4.74 Å². The summed E-state index contributed by atoms with van der Waals surface area (Å²) in [7, 11) is 0. The van der Waals surface area contributed by atoms with E-state index in [1.54, 1.807) is 24.3 Å². The van der Waals surface area contributed by atoms with Crippen molar-refractivity contribution in [2.24, 2.45) is 0 Å². The molecule has 0 N–H and O–H groups in total. The average molecular weight is 377 g/mol. The largest absolute Gasteiger partial charge is 0.453 e. The number of para-hydroxylation sites is 1. The predicted molar refractivity (Wildman–Crippen MR) is 83.0 cm³/mol. The highest BCUT2D eigenvalue weighted by Crippen LogP contribution is 2.49. The first kappa shape index (κ1) is 15.4. The smallest absolute Gasteiger partial charge is 0.167 e. The van der Waals surface area contributed by atoms with Crippen LogP contribution in [-0.4, -0.2) is 0 Å². The van der Waals surface area contributed by atoms with Crippen LogP contribution in [0.5, 0.6) is 11.5 Å². The van der Waals surface area contributed by atoms with Crippen LogP contribution < -0.4 is 4.74 Å². The van der Waals surface area contributed by atoms with Gasteiger partial charge in [-0.05, 0) is 12.1 Å². The Morgan fingerprint density at radius 1 is 0.632 bits per heavy atom. The number of hydrogen-bond donors (Lipinski definition) is 0. The minimum Gasteiger partial charge on any atom is -0.453 e. The molecule has 0 bridgehead atoms. The molecule has 2 rings (SSSR count). The maximum absolute atomic E-state index is 6.05. The first-order valence-corrected chi connectivity index (χ1v) is 7.14. The third-order valence-corrected chi connectivity index (χ3v) is 4.77. The predicted octanol–water partition coefficient (Wildman–Crippen LogP) is 7.40. The fraction of sp³-hybridized carbons (Fsp3) is 0. The number of ether oxygens (including phenoxy) is 1. The molecule has 7 heteroatoms. The van der Waals surface area contributed by atoms with E-state index < -0.39 is 0 Å². The second-order valence-electron chi connectivity index (χ2n) is 3.43. The van der Waals surface area contributed by atoms with Crippen molar-refractivity contribution >= 4 is 69.6 Å². The van der Waals surface area contributed by atoms with Crippen molar-refractivity contribution in [2.45, 2.75) is 0 Å². The van der Waals surface area contributed by atoms with Crippen LogP contribution in [0.2, 0.25) is 30.1 Å². The Kier molecular flexibility index (Phi) is 4.99. The van der Waals surface area contributed by atoms with E-state index in [-0.39, 0.29) is 30.9 Å². The van der Waals surface area contributed by atoms with Crippen LogP contribution in [0.1, 0.15) is 0 Å². The Labute approximate surface area is 139 Å². The Morgan fingerprint density at radius 3 is 1.63 bits per heavy atom. The maximum atomic E-state index is 6.05. The summed E-state index contributed by atoms with van der Waals surface area (Å²) in [5.74, 6) is 0.484. The Hall–Kier alpha value is -0.0200. The first-order valence-electron chi connectivity index (χ1n) is 4.87. The van der Waals surface area contributed by atoms with E-state index >= 15 is 0 Å². The molecule has 0 aliphatic rings. The van der Waals surface area contributed by atoms with Gasteiger partial charge in [0.05, 0.1) is 20.1 Å². The molecular weight excluding hydrogens is 373 g/mol. The van der Waals surface area contributed by atoms with Gasteiger partial charge in [0.2, 0.25) is 0 Å². The lowest BCUT2D eigenvalue weighted by molar-refractivity contribution is 0.483. The fourth-order valence-electron chi connectivity index (χ4n) is 1.31. The van der Waals surface area contributed by atoms with E-state index in [2.05, 4.69) is 0 Å². The molecule has 0 fully saturated rings. The minimum atomic E-state index is 0.0692. The zero-order valence-corrected chi connectivity index (χ0v) is 13.5. The summed E-state index contributed by atoms with van der Waals surface area (Å²) in [6.07, 6.45) is 0. The van der Waals surface area contributed by atoms with Crippen molar-refractivity contribution in [2.75, 3.05) is 0 Å². The van der Waals surface area contributed by atoms with Crippen molar-refractivity contribution in [3.63, 3.8) is 0 Å². The van der Waals surface area contributed by atoms with Gasteiger partial charge in [-0.25, -0.2) is 0 Å². The highest BCUT2D eigenvalue weighted by atomic mass is 35.5. The van der Waals surface area contributed by atoms with Gasteiger partial charge < -0.3 is 4.74 Å². The van der Waals surface area contributed by atoms with Crippen molar-refractivity contribution in [1.82, 2.24) is 0 Å². The molecule has 0 unspecified atom stereocenters. The van der Waals surface area contributed by atoms with Gasteiger partial charge in [0.15, 0.2) is 5.75 Å². The second kappa shape index (κ2) is 6.17. The molecule has 0 aromatic heterocycles. The van der Waals surface area contributed by atoms with Gasteiger partial charge in [0.1, 0.15) is 15.8 Å². The van der Waals surface area contributed by atoms with Crippen molar-refractivity contribution in [1.29, 1.82) is 0 Å². The Balaban J connectivity index is 2.56. The lowest BCUT2D eigenvalue weighted by Gasteiger charge is -2.14. The lowest BCUT2D eigenvalue weighted by Crippen LogP contribution is -1.90. The number of halogens is 6. The van der Waals surface area contributed by atoms with E-state index in [1.807, 2.05) is 0 Å². The molecule has 19 heavy (non-hydrogen) atoms. The molecule has 0 aliphatic heterocycles. The van der Waals surface area contributed by atoms with Gasteiger partial charge in [0.25, 0.3) is 0 Å². The van der Waals surface area contributed by atoms with E-state index in [0.29, 0.717) is 10.8 Å². The summed E-state index contributed by atoms with van der Waals surface area (Å²) in [6.45, 7) is 0. The first-order chi connectivity index (χ1) is 8.93. The van der Waals surface area contributed by atoms with Crippen molar-refractivity contribution in [3.8, 4) is 11.5 Å². The molecule has 2 aromatic rings. The topological polar surface area (TPSA) is 9.23 Å². The van der Waals surface area contributed by atoms with Gasteiger partial charge in [0, 0.05) is 0 Å². The molecule has 0 saturated carbocycles. The third-order valence-electron chi connectivity index (χ3n) is 2.22. The molecule has 0 heterocycles. The number of hydrogen-bond acceptors (Lipinski definition) is 1. The Bertz CT molecular complexity index is 611. The molecule has 0 amide bonds. The second-order valence-corrected chi connectivity index (χ2v) is 5.73. The zero-order valence-electron chi connectivity index (χ0n) is 8.99. The molecule has 0 spiro atoms. The highest BCUT2D eigenvalue weighted by Gasteiger charge is 2.21. The molecular formula is C12H4Cl6O. The molecule has 0 saturated heterocycles. The minimum absolute atomic E-state index is 0.0692. The van der Waals surface area contributed by atoms with E-state index in [0.717, 1.165) is 0 Å². The SMILES string of the molecule is Clc1ccccc1Oc1c(Cl)c(Cl)c(Cl)c(Cl)c1Cl. The van der Waals surface area contributed by atoms with Crippen LogP contribution in [0, 0.1) is 0 Å². The molecule has 1 nitrogen and oxygen atoms in total. The van der Waals surface area contributed by atoms with Crippen LogP contribution >= 0.6 is 69.6 Å². The quantitative estimate of drug-likeness (QED) is 0.392. The number of benzene rings is 2. The third kappa shape index (κ3) is 3.02. The Morgan fingerprint density at radius 2 is 1.11 bits per heavy atom. The molecule has 0 aliphatic carbocycles. The summed E-state index contributed by atoms with van der Waals surface area (Å²) in [5.41, 5.74) is 0. The van der Waals surface area contributed by atoms with Crippen LogP contribution in [-0.2, 0) is 0 Å². The van der Waals surface area contributed by atoms with Gasteiger partial charge in [-0.15, -0.1) is 0 Å². The van der Waals surface area contributed by atoms with Gasteiger partial charge in [-0.2, -0.15) is 0 Å². The van der Waals surface area contributed by atoms with E-state index in [1.165, 1.54) is 0 Å². The summed E-state index contributed by atoms with van der Waals surface area (Å²) in [4.78, 5) is 0. The normalized spacial score (nSPS) is 10.6. The van der Waals surface area contributed by atoms with Gasteiger partial charge in [-0.3, -0.25) is 0 Å². The zero-order chi connectivity index (χ0) is 14.2. The van der Waals surface area contributed by atoms with E-state index in [9.17, 15) is 0 Å². The van der Waals surface area contributed by atoms with E-state index in [4.69, 9.17) is 74.3 Å². The average Bonchev–Trinajstić information content (AvgIpc) is 2.41. The maximum Gasteiger partial charge on any atom is 0.167 e. The monoisotopic (exact) mass is 374 g/mol.